The molecule has 1 aromatic heterocycles. The fourth-order valence-corrected chi connectivity index (χ4v) is 4.88. The first-order chi connectivity index (χ1) is 14.8. The van der Waals surface area contributed by atoms with E-state index in [0.29, 0.717) is 12.1 Å². The van der Waals surface area contributed by atoms with E-state index in [1.54, 1.807) is 11.3 Å². The zero-order chi connectivity index (χ0) is 22.0. The Hall–Kier alpha value is -1.99. The third kappa shape index (κ3) is 5.49. The van der Waals surface area contributed by atoms with Crippen molar-refractivity contribution in [3.8, 4) is 0 Å². The standard InChI is InChI=1S/C25H31N3O2S.ClH/c1-18-6-5-7-21-22(18)26-24(31-21)28(13-12-27-14-16-30-17-15-27)23(29)19-8-10-20(11-9-19)25(2,3)4;/h5-11H,12-17H2,1-4H3;1H. The Bertz CT molecular complexity index is 1050. The van der Waals surface area contributed by atoms with E-state index in [9.17, 15) is 4.79 Å². The molecule has 1 amide bonds. The summed E-state index contributed by atoms with van der Waals surface area (Å²) in [5.74, 6) is 0.00503. The molecule has 0 saturated carbocycles. The van der Waals surface area contributed by atoms with Gasteiger partial charge in [-0.1, -0.05) is 56.4 Å². The number of thiazole rings is 1. The van der Waals surface area contributed by atoms with Gasteiger partial charge in [0.25, 0.3) is 5.91 Å². The topological polar surface area (TPSA) is 45.7 Å². The number of nitrogens with zero attached hydrogens (tertiary/aromatic N) is 3. The van der Waals surface area contributed by atoms with Crippen LogP contribution in [-0.4, -0.2) is 55.2 Å². The Morgan fingerprint density at radius 3 is 2.44 bits per heavy atom. The number of aryl methyl sites for hydroxylation is 1. The maximum absolute atomic E-state index is 13.6. The highest BCUT2D eigenvalue weighted by atomic mass is 35.5. The molecule has 0 aliphatic carbocycles. The molecule has 3 aromatic rings. The summed E-state index contributed by atoms with van der Waals surface area (Å²) < 4.78 is 6.58. The van der Waals surface area contributed by atoms with Crippen LogP contribution < -0.4 is 4.90 Å². The van der Waals surface area contributed by atoms with Crippen molar-refractivity contribution in [2.24, 2.45) is 0 Å². The Morgan fingerprint density at radius 2 is 1.81 bits per heavy atom. The molecule has 1 aliphatic heterocycles. The maximum atomic E-state index is 13.6. The Labute approximate surface area is 200 Å². The van der Waals surface area contributed by atoms with Crippen LogP contribution >= 0.6 is 23.7 Å². The largest absolute Gasteiger partial charge is 0.379 e. The van der Waals surface area contributed by atoms with E-state index < -0.39 is 0 Å². The number of fused-ring (bicyclic) bond motifs is 1. The average Bonchev–Trinajstić information content (AvgIpc) is 3.19. The Morgan fingerprint density at radius 1 is 1.12 bits per heavy atom. The normalized spacial score (nSPS) is 14.9. The van der Waals surface area contributed by atoms with Crippen LogP contribution in [0.25, 0.3) is 10.2 Å². The van der Waals surface area contributed by atoms with Gasteiger partial charge in [-0.15, -0.1) is 12.4 Å². The molecule has 7 heteroatoms. The van der Waals surface area contributed by atoms with Crippen LogP contribution in [0.15, 0.2) is 42.5 Å². The van der Waals surface area contributed by atoms with Gasteiger partial charge in [-0.05, 0) is 41.7 Å². The predicted molar refractivity (Wildman–Crippen MR) is 136 cm³/mol. The van der Waals surface area contributed by atoms with Crippen LogP contribution in [0, 0.1) is 6.92 Å². The monoisotopic (exact) mass is 473 g/mol. The minimum atomic E-state index is 0. The average molecular weight is 474 g/mol. The minimum Gasteiger partial charge on any atom is -0.379 e. The van der Waals surface area contributed by atoms with Crippen molar-refractivity contribution >= 4 is 45.0 Å². The second-order valence-corrected chi connectivity index (χ2v) is 10.2. The van der Waals surface area contributed by atoms with Gasteiger partial charge in [-0.3, -0.25) is 14.6 Å². The molecule has 1 saturated heterocycles. The highest BCUT2D eigenvalue weighted by Gasteiger charge is 2.24. The van der Waals surface area contributed by atoms with Gasteiger partial charge < -0.3 is 4.74 Å². The van der Waals surface area contributed by atoms with Gasteiger partial charge in [0.15, 0.2) is 5.13 Å². The summed E-state index contributed by atoms with van der Waals surface area (Å²) >= 11 is 1.59. The van der Waals surface area contributed by atoms with Gasteiger partial charge in [0.2, 0.25) is 0 Å². The lowest BCUT2D eigenvalue weighted by molar-refractivity contribution is 0.0391. The smallest absolute Gasteiger partial charge is 0.260 e. The summed E-state index contributed by atoms with van der Waals surface area (Å²) in [6, 6.07) is 14.2. The lowest BCUT2D eigenvalue weighted by Gasteiger charge is -2.29. The van der Waals surface area contributed by atoms with E-state index in [2.05, 4.69) is 56.9 Å². The van der Waals surface area contributed by atoms with Crippen molar-refractivity contribution in [1.82, 2.24) is 9.88 Å². The number of carbonyl (C=O) groups excluding carboxylic acids is 1. The van der Waals surface area contributed by atoms with E-state index in [-0.39, 0.29) is 23.7 Å². The van der Waals surface area contributed by atoms with E-state index in [1.807, 2.05) is 23.1 Å². The Balaban J connectivity index is 0.00000289. The molecule has 0 bridgehead atoms. The molecule has 0 unspecified atom stereocenters. The molecule has 172 valence electrons. The summed E-state index contributed by atoms with van der Waals surface area (Å²) in [4.78, 5) is 22.7. The van der Waals surface area contributed by atoms with Crippen LogP contribution in [0.2, 0.25) is 0 Å². The molecule has 32 heavy (non-hydrogen) atoms. The van der Waals surface area contributed by atoms with E-state index >= 15 is 0 Å². The molecule has 0 N–H and O–H groups in total. The van der Waals surface area contributed by atoms with Gasteiger partial charge in [0.05, 0.1) is 23.4 Å². The third-order valence-electron chi connectivity index (χ3n) is 5.83. The fraction of sp³-hybridized carbons (Fsp3) is 0.440. The first-order valence-electron chi connectivity index (χ1n) is 10.9. The van der Waals surface area contributed by atoms with E-state index in [1.165, 1.54) is 5.56 Å². The summed E-state index contributed by atoms with van der Waals surface area (Å²) in [5.41, 5.74) is 4.10. The molecular formula is C25H32ClN3O2S. The SMILES string of the molecule is Cc1cccc2sc(N(CCN3CCOCC3)C(=O)c3ccc(C(C)(C)C)cc3)nc12.Cl. The first kappa shape index (κ1) is 24.6. The number of amides is 1. The van der Waals surface area contributed by atoms with E-state index in [0.717, 1.165) is 53.8 Å². The molecule has 0 atom stereocenters. The summed E-state index contributed by atoms with van der Waals surface area (Å²) in [5, 5.41) is 0.766. The van der Waals surface area contributed by atoms with Crippen molar-refractivity contribution in [3.63, 3.8) is 0 Å². The van der Waals surface area contributed by atoms with Crippen molar-refractivity contribution in [2.45, 2.75) is 33.1 Å². The van der Waals surface area contributed by atoms with Gasteiger partial charge in [0.1, 0.15) is 0 Å². The number of halogens is 1. The van der Waals surface area contributed by atoms with Crippen molar-refractivity contribution < 1.29 is 9.53 Å². The number of rotatable bonds is 5. The van der Waals surface area contributed by atoms with Gasteiger partial charge in [0, 0.05) is 31.7 Å². The number of anilines is 1. The van der Waals surface area contributed by atoms with Gasteiger partial charge in [-0.25, -0.2) is 4.98 Å². The quantitative estimate of drug-likeness (QED) is 0.504. The number of benzene rings is 2. The molecular weight excluding hydrogens is 442 g/mol. The maximum Gasteiger partial charge on any atom is 0.260 e. The number of morpholine rings is 1. The zero-order valence-corrected chi connectivity index (χ0v) is 20.9. The highest BCUT2D eigenvalue weighted by Crippen LogP contribution is 2.31. The predicted octanol–water partition coefficient (Wildman–Crippen LogP) is 5.30. The van der Waals surface area contributed by atoms with Crippen LogP contribution in [-0.2, 0) is 10.2 Å². The number of hydrogen-bond donors (Lipinski definition) is 0. The fourth-order valence-electron chi connectivity index (χ4n) is 3.81. The minimum absolute atomic E-state index is 0. The molecule has 2 aromatic carbocycles. The van der Waals surface area contributed by atoms with Crippen molar-refractivity contribution in [3.05, 3.63) is 59.2 Å². The number of aromatic nitrogens is 1. The van der Waals surface area contributed by atoms with Gasteiger partial charge in [-0.2, -0.15) is 0 Å². The summed E-state index contributed by atoms with van der Waals surface area (Å²) in [7, 11) is 0. The molecule has 5 nitrogen and oxygen atoms in total. The summed E-state index contributed by atoms with van der Waals surface area (Å²) in [6.45, 7) is 13.3. The molecule has 1 aliphatic rings. The van der Waals surface area contributed by atoms with Gasteiger partial charge >= 0.3 is 0 Å². The zero-order valence-electron chi connectivity index (χ0n) is 19.3. The van der Waals surface area contributed by atoms with E-state index in [4.69, 9.17) is 9.72 Å². The van der Waals surface area contributed by atoms with Crippen LogP contribution in [0.4, 0.5) is 5.13 Å². The number of hydrogen-bond acceptors (Lipinski definition) is 5. The molecule has 0 radical (unpaired) electrons. The third-order valence-corrected chi connectivity index (χ3v) is 6.87. The van der Waals surface area contributed by atoms with Crippen LogP contribution in [0.3, 0.4) is 0 Å². The first-order valence-corrected chi connectivity index (χ1v) is 11.7. The molecule has 0 spiro atoms. The lowest BCUT2D eigenvalue weighted by atomic mass is 9.86. The van der Waals surface area contributed by atoms with Crippen LogP contribution in [0.5, 0.6) is 0 Å². The van der Waals surface area contributed by atoms with Crippen LogP contribution in [0.1, 0.15) is 42.3 Å². The Kier molecular flexibility index (Phi) is 7.93. The van der Waals surface area contributed by atoms with Crippen molar-refractivity contribution in [1.29, 1.82) is 0 Å². The second kappa shape index (κ2) is 10.3. The van der Waals surface area contributed by atoms with Crippen molar-refractivity contribution in [2.75, 3.05) is 44.3 Å². The number of para-hydroxylation sites is 1. The molecule has 4 rings (SSSR count). The number of carbonyl (C=O) groups is 1. The number of ether oxygens (including phenoxy) is 1. The molecule has 2 heterocycles. The summed E-state index contributed by atoms with van der Waals surface area (Å²) in [6.07, 6.45) is 0. The lowest BCUT2D eigenvalue weighted by Crippen LogP contribution is -2.43. The molecule has 1 fully saturated rings. The second-order valence-electron chi connectivity index (χ2n) is 9.16. The highest BCUT2D eigenvalue weighted by molar-refractivity contribution is 7.22.